The lowest BCUT2D eigenvalue weighted by atomic mass is 10.2. The van der Waals surface area contributed by atoms with Crippen molar-refractivity contribution in [2.45, 2.75) is 13.0 Å². The summed E-state index contributed by atoms with van der Waals surface area (Å²) >= 11 is 3.29. The molecular formula is C15H17BrN3O3+. The molecule has 2 amide bonds. The van der Waals surface area contributed by atoms with Gasteiger partial charge in [0.05, 0.1) is 11.8 Å². The predicted octanol–water partition coefficient (Wildman–Crippen LogP) is 1.13. The third-order valence-electron chi connectivity index (χ3n) is 3.08. The summed E-state index contributed by atoms with van der Waals surface area (Å²) in [5.74, 6) is 0.128. The number of hydrazine groups is 1. The molecule has 0 aliphatic rings. The molecule has 2 rings (SSSR count). The van der Waals surface area contributed by atoms with Gasteiger partial charge in [-0.2, -0.15) is 0 Å². The standard InChI is InChI=1S/C15H16BrN3O3/c1-10(13-7-4-8-22-13)17-9-14(20)18-19-15(21)11-5-2-3-6-12(11)16/h2-8,10,17H,9H2,1H3,(H,18,20)(H,19,21)/p+1/t10-/m0/s1. The maximum Gasteiger partial charge on any atom is 0.293 e. The number of nitrogens with two attached hydrogens (primary N) is 1. The van der Waals surface area contributed by atoms with Crippen LogP contribution in [0.25, 0.3) is 0 Å². The van der Waals surface area contributed by atoms with Crippen LogP contribution in [0.1, 0.15) is 29.1 Å². The van der Waals surface area contributed by atoms with Crippen LogP contribution in [0.5, 0.6) is 0 Å². The molecule has 0 fully saturated rings. The van der Waals surface area contributed by atoms with Gasteiger partial charge in [-0.3, -0.25) is 20.4 Å². The van der Waals surface area contributed by atoms with Crippen molar-refractivity contribution in [3.63, 3.8) is 0 Å². The Hall–Kier alpha value is -2.12. The van der Waals surface area contributed by atoms with Gasteiger partial charge in [-0.1, -0.05) is 12.1 Å². The molecule has 0 saturated carbocycles. The van der Waals surface area contributed by atoms with E-state index >= 15 is 0 Å². The van der Waals surface area contributed by atoms with Crippen molar-refractivity contribution in [3.8, 4) is 0 Å². The molecule has 0 unspecified atom stereocenters. The van der Waals surface area contributed by atoms with Gasteiger partial charge in [0, 0.05) is 4.47 Å². The van der Waals surface area contributed by atoms with Gasteiger partial charge in [0.15, 0.2) is 12.3 Å². The molecule has 2 aromatic rings. The maximum atomic E-state index is 11.9. The van der Waals surface area contributed by atoms with E-state index in [0.717, 1.165) is 5.76 Å². The van der Waals surface area contributed by atoms with Crippen LogP contribution in [0.4, 0.5) is 0 Å². The Labute approximate surface area is 136 Å². The summed E-state index contributed by atoms with van der Waals surface area (Å²) in [4.78, 5) is 23.7. The molecule has 0 aliphatic heterocycles. The van der Waals surface area contributed by atoms with Crippen LogP contribution >= 0.6 is 15.9 Å². The van der Waals surface area contributed by atoms with Gasteiger partial charge >= 0.3 is 0 Å². The average molecular weight is 367 g/mol. The number of benzene rings is 1. The van der Waals surface area contributed by atoms with Gasteiger partial charge < -0.3 is 9.73 Å². The van der Waals surface area contributed by atoms with Crippen LogP contribution in [-0.4, -0.2) is 18.4 Å². The molecule has 1 aromatic carbocycles. The first kappa shape index (κ1) is 16.3. The SMILES string of the molecule is C[C@H]([NH2+]CC(=O)NNC(=O)c1ccccc1Br)c1ccco1. The van der Waals surface area contributed by atoms with Gasteiger partial charge in [0.25, 0.3) is 11.8 Å². The number of nitrogens with one attached hydrogen (secondary N) is 2. The molecule has 0 aliphatic carbocycles. The van der Waals surface area contributed by atoms with Crippen molar-refractivity contribution in [2.75, 3.05) is 6.54 Å². The molecule has 1 aromatic heterocycles. The molecule has 1 heterocycles. The first-order valence-electron chi connectivity index (χ1n) is 6.78. The van der Waals surface area contributed by atoms with Gasteiger partial charge in [-0.15, -0.1) is 0 Å². The average Bonchev–Trinajstić information content (AvgIpc) is 3.05. The highest BCUT2D eigenvalue weighted by atomic mass is 79.9. The van der Waals surface area contributed by atoms with Crippen molar-refractivity contribution < 1.29 is 19.3 Å². The topological polar surface area (TPSA) is 88.0 Å². The molecule has 116 valence electrons. The molecule has 0 radical (unpaired) electrons. The van der Waals surface area contributed by atoms with E-state index in [1.165, 1.54) is 0 Å². The zero-order chi connectivity index (χ0) is 15.9. The summed E-state index contributed by atoms with van der Waals surface area (Å²) in [6.07, 6.45) is 1.59. The summed E-state index contributed by atoms with van der Waals surface area (Å²) in [5, 5.41) is 1.82. The summed E-state index contributed by atoms with van der Waals surface area (Å²) in [5.41, 5.74) is 5.23. The molecular weight excluding hydrogens is 350 g/mol. The van der Waals surface area contributed by atoms with E-state index in [4.69, 9.17) is 4.42 Å². The van der Waals surface area contributed by atoms with Crippen molar-refractivity contribution >= 4 is 27.7 Å². The zero-order valence-corrected chi connectivity index (χ0v) is 13.6. The van der Waals surface area contributed by atoms with Gasteiger partial charge in [-0.05, 0) is 47.1 Å². The molecule has 22 heavy (non-hydrogen) atoms. The van der Waals surface area contributed by atoms with Crippen LogP contribution in [0.3, 0.4) is 0 Å². The Kier molecular flexibility index (Phi) is 5.74. The fourth-order valence-electron chi connectivity index (χ4n) is 1.84. The Balaban J connectivity index is 1.76. The Morgan fingerprint density at radius 1 is 1.23 bits per heavy atom. The quantitative estimate of drug-likeness (QED) is 0.693. The highest BCUT2D eigenvalue weighted by Crippen LogP contribution is 2.15. The van der Waals surface area contributed by atoms with Crippen LogP contribution in [0, 0.1) is 0 Å². The summed E-state index contributed by atoms with van der Waals surface area (Å²) in [6.45, 7) is 2.11. The number of hydrogen-bond donors (Lipinski definition) is 3. The Bertz CT molecular complexity index is 643. The number of amides is 2. The highest BCUT2D eigenvalue weighted by molar-refractivity contribution is 9.10. The lowest BCUT2D eigenvalue weighted by Gasteiger charge is -2.10. The van der Waals surface area contributed by atoms with Crippen molar-refractivity contribution in [1.29, 1.82) is 0 Å². The third-order valence-corrected chi connectivity index (χ3v) is 3.77. The molecule has 7 heteroatoms. The Morgan fingerprint density at radius 3 is 2.68 bits per heavy atom. The van der Waals surface area contributed by atoms with Crippen LogP contribution in [0.2, 0.25) is 0 Å². The van der Waals surface area contributed by atoms with Crippen molar-refractivity contribution in [1.82, 2.24) is 10.9 Å². The number of carbonyl (C=O) groups is 2. The minimum Gasteiger partial charge on any atom is -0.463 e. The number of rotatable bonds is 5. The summed E-state index contributed by atoms with van der Waals surface area (Å²) < 4.78 is 5.93. The van der Waals surface area contributed by atoms with E-state index in [-0.39, 0.29) is 24.4 Å². The fraction of sp³-hybridized carbons (Fsp3) is 0.200. The van der Waals surface area contributed by atoms with Crippen LogP contribution in [0.15, 0.2) is 51.6 Å². The zero-order valence-electron chi connectivity index (χ0n) is 12.0. The minimum absolute atomic E-state index is 0.0275. The van der Waals surface area contributed by atoms with E-state index in [1.54, 1.807) is 30.5 Å². The second-order valence-electron chi connectivity index (χ2n) is 4.73. The molecule has 1 atom stereocenters. The minimum atomic E-state index is -0.375. The molecule has 6 nitrogen and oxygen atoms in total. The Morgan fingerprint density at radius 2 is 2.00 bits per heavy atom. The monoisotopic (exact) mass is 366 g/mol. The van der Waals surface area contributed by atoms with E-state index in [9.17, 15) is 9.59 Å². The number of carbonyl (C=O) groups excluding carboxylic acids is 2. The highest BCUT2D eigenvalue weighted by Gasteiger charge is 2.15. The molecule has 0 bridgehead atoms. The summed E-state index contributed by atoms with van der Waals surface area (Å²) in [6, 6.07) is 10.7. The number of halogens is 1. The normalized spacial score (nSPS) is 11.7. The predicted molar refractivity (Wildman–Crippen MR) is 83.7 cm³/mol. The van der Waals surface area contributed by atoms with E-state index in [2.05, 4.69) is 26.8 Å². The molecule has 4 N–H and O–H groups in total. The van der Waals surface area contributed by atoms with Crippen LogP contribution < -0.4 is 16.2 Å². The second kappa shape index (κ2) is 7.77. The third kappa shape index (κ3) is 4.44. The van der Waals surface area contributed by atoms with E-state index in [1.807, 2.05) is 24.4 Å². The first-order valence-corrected chi connectivity index (χ1v) is 7.57. The van der Waals surface area contributed by atoms with E-state index in [0.29, 0.717) is 10.0 Å². The largest absolute Gasteiger partial charge is 0.463 e. The van der Waals surface area contributed by atoms with Gasteiger partial charge in [0.1, 0.15) is 6.04 Å². The lowest BCUT2D eigenvalue weighted by Crippen LogP contribution is -2.87. The maximum absolute atomic E-state index is 11.9. The van der Waals surface area contributed by atoms with Gasteiger partial charge in [-0.25, -0.2) is 0 Å². The smallest absolute Gasteiger partial charge is 0.293 e. The molecule has 0 saturated heterocycles. The van der Waals surface area contributed by atoms with Crippen molar-refractivity contribution in [3.05, 3.63) is 58.5 Å². The van der Waals surface area contributed by atoms with Gasteiger partial charge in [0.2, 0.25) is 0 Å². The summed E-state index contributed by atoms with van der Waals surface area (Å²) in [7, 11) is 0. The first-order chi connectivity index (χ1) is 10.6. The van der Waals surface area contributed by atoms with Crippen molar-refractivity contribution in [2.24, 2.45) is 0 Å². The number of hydrogen-bond acceptors (Lipinski definition) is 3. The fourth-order valence-corrected chi connectivity index (χ4v) is 2.31. The molecule has 0 spiro atoms. The number of furan rings is 1. The van der Waals surface area contributed by atoms with Crippen LogP contribution in [-0.2, 0) is 4.79 Å². The second-order valence-corrected chi connectivity index (χ2v) is 5.58. The lowest BCUT2D eigenvalue weighted by molar-refractivity contribution is -0.684. The van der Waals surface area contributed by atoms with E-state index < -0.39 is 0 Å². The number of quaternary nitrogens is 1.